The first kappa shape index (κ1) is 11.9. The van der Waals surface area contributed by atoms with Gasteiger partial charge in [-0.3, -0.25) is 4.79 Å². The van der Waals surface area contributed by atoms with Crippen molar-refractivity contribution >= 4 is 22.7 Å². The fourth-order valence-electron chi connectivity index (χ4n) is 1.85. The first-order valence-electron chi connectivity index (χ1n) is 5.82. The normalized spacial score (nSPS) is 13.3. The largest absolute Gasteiger partial charge is 0.486 e. The molecule has 0 fully saturated rings. The highest BCUT2D eigenvalue weighted by molar-refractivity contribution is 7.07. The molecule has 2 heterocycles. The number of nitrogens with two attached hydrogens (primary N) is 1. The third-order valence-corrected chi connectivity index (χ3v) is 3.47. The number of H-pyrrole nitrogens is 1. The molecular formula is C12H13N3O3S. The van der Waals surface area contributed by atoms with E-state index in [1.807, 2.05) is 6.07 Å². The summed E-state index contributed by atoms with van der Waals surface area (Å²) >= 11 is 1.14. The van der Waals surface area contributed by atoms with Crippen molar-refractivity contribution in [3.05, 3.63) is 32.9 Å². The molecule has 0 saturated heterocycles. The van der Waals surface area contributed by atoms with Crippen LogP contribution in [0, 0.1) is 0 Å². The van der Waals surface area contributed by atoms with Crippen LogP contribution in [0.5, 0.6) is 11.5 Å². The van der Waals surface area contributed by atoms with E-state index in [1.54, 1.807) is 11.4 Å². The van der Waals surface area contributed by atoms with E-state index in [0.29, 0.717) is 36.9 Å². The quantitative estimate of drug-likeness (QED) is 0.739. The summed E-state index contributed by atoms with van der Waals surface area (Å²) in [6.45, 7) is 1.58. The Balaban J connectivity index is 1.78. The van der Waals surface area contributed by atoms with E-state index in [9.17, 15) is 4.79 Å². The Bertz CT molecular complexity index is 650. The lowest BCUT2D eigenvalue weighted by Gasteiger charge is -2.20. The van der Waals surface area contributed by atoms with E-state index in [0.717, 1.165) is 22.7 Å². The summed E-state index contributed by atoms with van der Waals surface area (Å²) in [5.41, 5.74) is 8.12. The third-order valence-electron chi connectivity index (χ3n) is 2.75. The summed E-state index contributed by atoms with van der Waals surface area (Å²) in [5, 5.41) is 4.95. The number of fused-ring (bicyclic) bond motifs is 1. The summed E-state index contributed by atoms with van der Waals surface area (Å²) in [6, 6.07) is 3.56. The Kier molecular flexibility index (Phi) is 3.04. The monoisotopic (exact) mass is 279 g/mol. The average molecular weight is 279 g/mol. The van der Waals surface area contributed by atoms with Crippen molar-refractivity contribution < 1.29 is 9.47 Å². The van der Waals surface area contributed by atoms with Gasteiger partial charge in [0.2, 0.25) is 0 Å². The molecule has 0 amide bonds. The lowest BCUT2D eigenvalue weighted by Crippen LogP contribution is -2.16. The third kappa shape index (κ3) is 2.50. The number of nitrogens with one attached hydrogen (secondary N) is 2. The number of nitrogen functional groups attached to an aromatic ring is 1. The second kappa shape index (κ2) is 4.85. The van der Waals surface area contributed by atoms with Crippen LogP contribution in [-0.4, -0.2) is 18.2 Å². The van der Waals surface area contributed by atoms with E-state index in [4.69, 9.17) is 15.2 Å². The van der Waals surface area contributed by atoms with Gasteiger partial charge in [-0.15, -0.1) is 0 Å². The molecule has 0 spiro atoms. The first-order chi connectivity index (χ1) is 9.22. The van der Waals surface area contributed by atoms with Gasteiger partial charge in [-0.1, -0.05) is 11.3 Å². The van der Waals surface area contributed by atoms with E-state index < -0.39 is 0 Å². The van der Waals surface area contributed by atoms with E-state index in [2.05, 4.69) is 10.3 Å². The van der Waals surface area contributed by atoms with Crippen LogP contribution in [0.2, 0.25) is 0 Å². The van der Waals surface area contributed by atoms with Crippen LogP contribution >= 0.6 is 11.3 Å². The molecular weight excluding hydrogens is 266 g/mol. The van der Waals surface area contributed by atoms with Crippen molar-refractivity contribution in [2.45, 2.75) is 6.54 Å². The molecule has 0 radical (unpaired) electrons. The summed E-state index contributed by atoms with van der Waals surface area (Å²) in [7, 11) is 0. The number of thiazole rings is 1. The minimum atomic E-state index is -0.0630. The Morgan fingerprint density at radius 2 is 2.05 bits per heavy atom. The molecule has 0 unspecified atom stereocenters. The van der Waals surface area contributed by atoms with Gasteiger partial charge in [0.1, 0.15) is 13.2 Å². The second-order valence-electron chi connectivity index (χ2n) is 4.11. The molecule has 1 aliphatic heterocycles. The molecule has 1 aromatic carbocycles. The average Bonchev–Trinajstić information content (AvgIpc) is 2.82. The van der Waals surface area contributed by atoms with Crippen LogP contribution < -0.4 is 25.4 Å². The van der Waals surface area contributed by atoms with Crippen LogP contribution in [-0.2, 0) is 6.54 Å². The van der Waals surface area contributed by atoms with Crippen molar-refractivity contribution in [1.29, 1.82) is 0 Å². The predicted molar refractivity (Wildman–Crippen MR) is 74.1 cm³/mol. The van der Waals surface area contributed by atoms with Crippen LogP contribution in [0.4, 0.5) is 11.4 Å². The molecule has 2 aromatic rings. The number of aromatic amines is 1. The topological polar surface area (TPSA) is 89.4 Å². The maximum atomic E-state index is 11.0. The Morgan fingerprint density at radius 3 is 2.74 bits per heavy atom. The minimum absolute atomic E-state index is 0.0630. The van der Waals surface area contributed by atoms with Gasteiger partial charge in [0, 0.05) is 23.2 Å². The fourth-order valence-corrected chi connectivity index (χ4v) is 2.43. The number of ether oxygens (including phenoxy) is 2. The molecule has 1 aliphatic rings. The predicted octanol–water partition coefficient (Wildman–Crippen LogP) is 1.40. The number of anilines is 2. The van der Waals surface area contributed by atoms with Crippen LogP contribution in [0.3, 0.4) is 0 Å². The smallest absolute Gasteiger partial charge is 0.304 e. The highest BCUT2D eigenvalue weighted by Crippen LogP contribution is 2.36. The van der Waals surface area contributed by atoms with Crippen molar-refractivity contribution in [1.82, 2.24) is 4.98 Å². The molecule has 0 saturated carbocycles. The van der Waals surface area contributed by atoms with Crippen molar-refractivity contribution in [3.63, 3.8) is 0 Å². The lowest BCUT2D eigenvalue weighted by atomic mass is 10.2. The highest BCUT2D eigenvalue weighted by Gasteiger charge is 2.14. The molecule has 100 valence electrons. The molecule has 6 nitrogen and oxygen atoms in total. The Labute approximate surface area is 113 Å². The van der Waals surface area contributed by atoms with Gasteiger partial charge < -0.3 is 25.5 Å². The van der Waals surface area contributed by atoms with Crippen LogP contribution in [0.25, 0.3) is 0 Å². The van der Waals surface area contributed by atoms with Gasteiger partial charge in [-0.05, 0) is 0 Å². The molecule has 19 heavy (non-hydrogen) atoms. The number of benzene rings is 1. The Morgan fingerprint density at radius 1 is 1.32 bits per heavy atom. The summed E-state index contributed by atoms with van der Waals surface area (Å²) in [4.78, 5) is 13.7. The summed E-state index contributed by atoms with van der Waals surface area (Å²) in [6.07, 6.45) is 0. The highest BCUT2D eigenvalue weighted by atomic mass is 32.1. The SMILES string of the molecule is Nc1cc2c(cc1NCc1csc(=O)[nH]1)OCCO2. The number of aromatic nitrogens is 1. The minimum Gasteiger partial charge on any atom is -0.486 e. The molecule has 4 N–H and O–H groups in total. The van der Waals surface area contributed by atoms with Gasteiger partial charge in [0.05, 0.1) is 17.9 Å². The van der Waals surface area contributed by atoms with Crippen molar-refractivity contribution in [2.75, 3.05) is 24.3 Å². The standard InChI is InChI=1S/C12H13N3O3S/c13-8-3-10-11(18-2-1-17-10)4-9(8)14-5-7-6-19-12(16)15-7/h3-4,6,14H,1-2,5,13H2,(H,15,16). The number of hydrogen-bond donors (Lipinski definition) is 3. The van der Waals surface area contributed by atoms with Gasteiger partial charge >= 0.3 is 4.87 Å². The van der Waals surface area contributed by atoms with Gasteiger partial charge in [-0.25, -0.2) is 0 Å². The molecule has 0 bridgehead atoms. The maximum Gasteiger partial charge on any atom is 0.304 e. The number of rotatable bonds is 3. The lowest BCUT2D eigenvalue weighted by molar-refractivity contribution is 0.172. The second-order valence-corrected chi connectivity index (χ2v) is 4.95. The van der Waals surface area contributed by atoms with E-state index in [1.165, 1.54) is 0 Å². The Hall–Kier alpha value is -2.15. The van der Waals surface area contributed by atoms with Gasteiger partial charge in [0.25, 0.3) is 0 Å². The molecule has 1 aromatic heterocycles. The fraction of sp³-hybridized carbons (Fsp3) is 0.250. The van der Waals surface area contributed by atoms with Gasteiger partial charge in [-0.2, -0.15) is 0 Å². The molecule has 3 rings (SSSR count). The van der Waals surface area contributed by atoms with Crippen molar-refractivity contribution in [3.8, 4) is 11.5 Å². The number of hydrogen-bond acceptors (Lipinski definition) is 6. The zero-order valence-electron chi connectivity index (χ0n) is 10.1. The van der Waals surface area contributed by atoms with Crippen molar-refractivity contribution in [2.24, 2.45) is 0 Å². The first-order valence-corrected chi connectivity index (χ1v) is 6.70. The van der Waals surface area contributed by atoms with E-state index >= 15 is 0 Å². The zero-order chi connectivity index (χ0) is 13.2. The zero-order valence-corrected chi connectivity index (χ0v) is 10.9. The van der Waals surface area contributed by atoms with Crippen LogP contribution in [0.15, 0.2) is 22.3 Å². The maximum absolute atomic E-state index is 11.0. The molecule has 0 aliphatic carbocycles. The summed E-state index contributed by atoms with van der Waals surface area (Å²) in [5.74, 6) is 1.35. The van der Waals surface area contributed by atoms with Gasteiger partial charge in [0.15, 0.2) is 11.5 Å². The molecule has 7 heteroatoms. The summed E-state index contributed by atoms with van der Waals surface area (Å²) < 4.78 is 10.9. The molecule has 0 atom stereocenters. The van der Waals surface area contributed by atoms with E-state index in [-0.39, 0.29) is 4.87 Å². The van der Waals surface area contributed by atoms with Crippen LogP contribution in [0.1, 0.15) is 5.69 Å².